The number of nitrogens with one attached hydrogen (secondary N) is 2. The predicted octanol–water partition coefficient (Wildman–Crippen LogP) is 1.51. The molecule has 1 aromatic carbocycles. The van der Waals surface area contributed by atoms with Gasteiger partial charge in [0.05, 0.1) is 7.11 Å². The largest absolute Gasteiger partial charge is 0.497 e. The van der Waals surface area contributed by atoms with E-state index in [9.17, 15) is 9.59 Å². The molecule has 3 rings (SSSR count). The average molecular weight is 331 g/mol. The van der Waals surface area contributed by atoms with E-state index in [2.05, 4.69) is 10.3 Å². The molecule has 2 aromatic rings. The first-order chi connectivity index (χ1) is 11.7. The third-order valence-corrected chi connectivity index (χ3v) is 4.14. The fourth-order valence-corrected chi connectivity index (χ4v) is 2.87. The minimum absolute atomic E-state index is 0.0950. The van der Waals surface area contributed by atoms with Gasteiger partial charge in [0, 0.05) is 31.9 Å². The van der Waals surface area contributed by atoms with Gasteiger partial charge in [0.25, 0.3) is 5.56 Å². The molecule has 7 heteroatoms. The molecule has 0 saturated carbocycles. The van der Waals surface area contributed by atoms with Crippen molar-refractivity contribution >= 4 is 5.82 Å². The standard InChI is InChI=1S/C17H21N3O4/c1-23-14-4-2-3-12(9-14)11-18-15-10-16(21)20(17(22)19-15)13-5-7-24-8-6-13/h2-4,9-10,13,18H,5-8,11H2,1H3,(H,19,22). The summed E-state index contributed by atoms with van der Waals surface area (Å²) < 4.78 is 11.8. The van der Waals surface area contributed by atoms with Crippen molar-refractivity contribution in [3.05, 3.63) is 56.7 Å². The van der Waals surface area contributed by atoms with Crippen LogP contribution in [0.4, 0.5) is 5.82 Å². The molecule has 1 saturated heterocycles. The van der Waals surface area contributed by atoms with Crippen molar-refractivity contribution in [1.29, 1.82) is 0 Å². The Labute approximate surface area is 139 Å². The minimum Gasteiger partial charge on any atom is -0.497 e. The van der Waals surface area contributed by atoms with Crippen LogP contribution in [-0.4, -0.2) is 29.9 Å². The number of anilines is 1. The van der Waals surface area contributed by atoms with Crippen LogP contribution in [0, 0.1) is 0 Å². The number of nitrogens with zero attached hydrogens (tertiary/aromatic N) is 1. The highest BCUT2D eigenvalue weighted by Crippen LogP contribution is 2.17. The molecule has 1 aliphatic heterocycles. The van der Waals surface area contributed by atoms with Crippen molar-refractivity contribution in [1.82, 2.24) is 9.55 Å². The Morgan fingerprint density at radius 3 is 2.79 bits per heavy atom. The minimum atomic E-state index is -0.387. The first-order valence-electron chi connectivity index (χ1n) is 7.98. The highest BCUT2D eigenvalue weighted by atomic mass is 16.5. The van der Waals surface area contributed by atoms with Gasteiger partial charge in [0.15, 0.2) is 0 Å². The third-order valence-electron chi connectivity index (χ3n) is 4.14. The number of hydrogen-bond acceptors (Lipinski definition) is 5. The number of aromatic amines is 1. The van der Waals surface area contributed by atoms with E-state index >= 15 is 0 Å². The molecule has 0 aliphatic carbocycles. The summed E-state index contributed by atoms with van der Waals surface area (Å²) in [5, 5.41) is 3.07. The van der Waals surface area contributed by atoms with Crippen LogP contribution in [-0.2, 0) is 11.3 Å². The van der Waals surface area contributed by atoms with Gasteiger partial charge in [-0.05, 0) is 30.5 Å². The van der Waals surface area contributed by atoms with Crippen LogP contribution in [0.5, 0.6) is 5.75 Å². The molecule has 0 atom stereocenters. The molecule has 0 spiro atoms. The first-order valence-corrected chi connectivity index (χ1v) is 7.98. The second-order valence-electron chi connectivity index (χ2n) is 5.75. The lowest BCUT2D eigenvalue weighted by Gasteiger charge is -2.23. The van der Waals surface area contributed by atoms with Gasteiger partial charge in [0.1, 0.15) is 11.6 Å². The molecular weight excluding hydrogens is 310 g/mol. The van der Waals surface area contributed by atoms with Gasteiger partial charge in [-0.3, -0.25) is 14.3 Å². The fourth-order valence-electron chi connectivity index (χ4n) is 2.87. The summed E-state index contributed by atoms with van der Waals surface area (Å²) in [5.41, 5.74) is 0.310. The zero-order valence-electron chi connectivity index (χ0n) is 13.6. The average Bonchev–Trinajstić information content (AvgIpc) is 2.60. The highest BCUT2D eigenvalue weighted by molar-refractivity contribution is 5.36. The van der Waals surface area contributed by atoms with Crippen molar-refractivity contribution in [2.45, 2.75) is 25.4 Å². The van der Waals surface area contributed by atoms with Crippen LogP contribution in [0.1, 0.15) is 24.4 Å². The Kier molecular flexibility index (Phi) is 5.00. The molecular formula is C17H21N3O4. The SMILES string of the molecule is COc1cccc(CNc2cc(=O)n(C3CCOCC3)c(=O)[nH]2)c1. The van der Waals surface area contributed by atoms with Crippen LogP contribution in [0.15, 0.2) is 39.9 Å². The Morgan fingerprint density at radius 2 is 2.08 bits per heavy atom. The molecule has 1 aliphatic rings. The fraction of sp³-hybridized carbons (Fsp3) is 0.412. The van der Waals surface area contributed by atoms with Crippen LogP contribution < -0.4 is 21.3 Å². The number of hydrogen-bond donors (Lipinski definition) is 2. The van der Waals surface area contributed by atoms with E-state index in [1.54, 1.807) is 7.11 Å². The van der Waals surface area contributed by atoms with E-state index < -0.39 is 0 Å². The van der Waals surface area contributed by atoms with Crippen molar-refractivity contribution in [3.8, 4) is 5.75 Å². The molecule has 0 radical (unpaired) electrons. The summed E-state index contributed by atoms with van der Waals surface area (Å²) in [6, 6.07) is 8.92. The molecule has 7 nitrogen and oxygen atoms in total. The van der Waals surface area contributed by atoms with Crippen LogP contribution >= 0.6 is 0 Å². The summed E-state index contributed by atoms with van der Waals surface area (Å²) >= 11 is 0. The smallest absolute Gasteiger partial charge is 0.330 e. The topological polar surface area (TPSA) is 85.3 Å². The summed E-state index contributed by atoms with van der Waals surface area (Å²) in [4.78, 5) is 27.3. The lowest BCUT2D eigenvalue weighted by Crippen LogP contribution is -2.40. The zero-order valence-corrected chi connectivity index (χ0v) is 13.6. The van der Waals surface area contributed by atoms with Gasteiger partial charge in [-0.1, -0.05) is 12.1 Å². The lowest BCUT2D eigenvalue weighted by molar-refractivity contribution is 0.0674. The van der Waals surface area contributed by atoms with E-state index in [0.717, 1.165) is 11.3 Å². The van der Waals surface area contributed by atoms with E-state index in [-0.39, 0.29) is 17.3 Å². The third kappa shape index (κ3) is 3.68. The normalized spacial score (nSPS) is 15.2. The van der Waals surface area contributed by atoms with Crippen LogP contribution in [0.3, 0.4) is 0 Å². The molecule has 0 amide bonds. The zero-order chi connectivity index (χ0) is 16.9. The first kappa shape index (κ1) is 16.3. The van der Waals surface area contributed by atoms with E-state index in [1.807, 2.05) is 24.3 Å². The second kappa shape index (κ2) is 7.35. The van der Waals surface area contributed by atoms with Gasteiger partial charge in [-0.15, -0.1) is 0 Å². The number of rotatable bonds is 5. The Balaban J connectivity index is 1.75. The molecule has 1 fully saturated rings. The molecule has 0 bridgehead atoms. The molecule has 24 heavy (non-hydrogen) atoms. The maximum absolute atomic E-state index is 12.3. The molecule has 2 N–H and O–H groups in total. The van der Waals surface area contributed by atoms with Gasteiger partial charge in [-0.2, -0.15) is 0 Å². The predicted molar refractivity (Wildman–Crippen MR) is 90.7 cm³/mol. The van der Waals surface area contributed by atoms with Crippen molar-refractivity contribution in [3.63, 3.8) is 0 Å². The van der Waals surface area contributed by atoms with Crippen molar-refractivity contribution in [2.75, 3.05) is 25.6 Å². The summed E-state index contributed by atoms with van der Waals surface area (Å²) in [6.07, 6.45) is 1.36. The molecule has 0 unspecified atom stereocenters. The number of H-pyrrole nitrogens is 1. The summed E-state index contributed by atoms with van der Waals surface area (Å²) in [5.74, 6) is 1.17. The Morgan fingerprint density at radius 1 is 1.29 bits per heavy atom. The second-order valence-corrected chi connectivity index (χ2v) is 5.75. The number of methoxy groups -OCH3 is 1. The lowest BCUT2D eigenvalue weighted by atomic mass is 10.1. The molecule has 128 valence electrons. The van der Waals surface area contributed by atoms with Crippen LogP contribution in [0.2, 0.25) is 0 Å². The van der Waals surface area contributed by atoms with Crippen molar-refractivity contribution in [2.24, 2.45) is 0 Å². The maximum atomic E-state index is 12.3. The van der Waals surface area contributed by atoms with Crippen LogP contribution in [0.25, 0.3) is 0 Å². The van der Waals surface area contributed by atoms with Gasteiger partial charge in [-0.25, -0.2) is 4.79 Å². The van der Waals surface area contributed by atoms with Crippen molar-refractivity contribution < 1.29 is 9.47 Å². The van der Waals surface area contributed by atoms with Gasteiger partial charge in [0.2, 0.25) is 0 Å². The van der Waals surface area contributed by atoms with E-state index in [0.29, 0.717) is 38.4 Å². The summed E-state index contributed by atoms with van der Waals surface area (Å²) in [7, 11) is 1.61. The highest BCUT2D eigenvalue weighted by Gasteiger charge is 2.19. The monoisotopic (exact) mass is 331 g/mol. The molecule has 2 heterocycles. The molecule has 1 aromatic heterocycles. The maximum Gasteiger partial charge on any atom is 0.330 e. The van der Waals surface area contributed by atoms with Gasteiger partial charge < -0.3 is 14.8 Å². The van der Waals surface area contributed by atoms with E-state index in [1.165, 1.54) is 10.6 Å². The number of benzene rings is 1. The van der Waals surface area contributed by atoms with E-state index in [4.69, 9.17) is 9.47 Å². The summed E-state index contributed by atoms with van der Waals surface area (Å²) in [6.45, 7) is 1.63. The Hall–Kier alpha value is -2.54. The number of aromatic nitrogens is 2. The Bertz CT molecular complexity index is 775. The number of ether oxygens (including phenoxy) is 2. The quantitative estimate of drug-likeness (QED) is 0.867. The van der Waals surface area contributed by atoms with Gasteiger partial charge >= 0.3 is 5.69 Å².